The van der Waals surface area contributed by atoms with Crippen LogP contribution in [0.5, 0.6) is 0 Å². The number of piperidine rings is 1. The summed E-state index contributed by atoms with van der Waals surface area (Å²) in [5, 5.41) is 12.3. The third-order valence-electron chi connectivity index (χ3n) is 4.58. The van der Waals surface area contributed by atoms with E-state index in [1.807, 2.05) is 0 Å². The van der Waals surface area contributed by atoms with Crippen molar-refractivity contribution in [1.82, 2.24) is 10.2 Å². The molecule has 1 radical (unpaired) electrons. The summed E-state index contributed by atoms with van der Waals surface area (Å²) < 4.78 is 0. The normalized spacial score (nSPS) is 18.2. The van der Waals surface area contributed by atoms with Crippen LogP contribution in [0.1, 0.15) is 52.9 Å². The fourth-order valence-electron chi connectivity index (χ4n) is 2.54. The van der Waals surface area contributed by atoms with Crippen molar-refractivity contribution in [2.75, 3.05) is 19.6 Å². The molecule has 1 rings (SSSR count). The van der Waals surface area contributed by atoms with Crippen molar-refractivity contribution in [2.45, 2.75) is 58.4 Å². The molecule has 1 aliphatic heterocycles. The van der Waals surface area contributed by atoms with Crippen molar-refractivity contribution in [1.29, 1.82) is 5.26 Å². The van der Waals surface area contributed by atoms with Crippen LogP contribution in [-0.2, 0) is 9.59 Å². The number of hydrogen-bond donors (Lipinski definition) is 2. The second kappa shape index (κ2) is 8.30. The molecule has 0 aromatic carbocycles. The summed E-state index contributed by atoms with van der Waals surface area (Å²) in [5.74, 6) is -0.747. The van der Waals surface area contributed by atoms with Gasteiger partial charge in [0.15, 0.2) is 0 Å². The van der Waals surface area contributed by atoms with Crippen LogP contribution in [0, 0.1) is 23.2 Å². The van der Waals surface area contributed by atoms with Gasteiger partial charge in [0.1, 0.15) is 5.54 Å². The fourth-order valence-corrected chi connectivity index (χ4v) is 2.54. The van der Waals surface area contributed by atoms with E-state index in [9.17, 15) is 14.9 Å². The maximum absolute atomic E-state index is 12.1. The van der Waals surface area contributed by atoms with Crippen molar-refractivity contribution in [3.63, 3.8) is 0 Å². The van der Waals surface area contributed by atoms with Gasteiger partial charge in [0.25, 0.3) is 0 Å². The molecule has 0 aromatic rings. The Morgan fingerprint density at radius 3 is 2.48 bits per heavy atom. The van der Waals surface area contributed by atoms with E-state index in [2.05, 4.69) is 23.2 Å². The number of unbranched alkanes of at least 4 members (excludes halogenated alkanes) is 1. The molecule has 0 aliphatic carbocycles. The van der Waals surface area contributed by atoms with Gasteiger partial charge in [0.05, 0.1) is 12.5 Å². The van der Waals surface area contributed by atoms with Gasteiger partial charge in [-0.2, -0.15) is 5.26 Å². The first kappa shape index (κ1) is 19.4. The fraction of sp³-hybridized carbons (Fsp3) is 0.765. The van der Waals surface area contributed by atoms with Gasteiger partial charge in [-0.3, -0.25) is 9.59 Å². The lowest BCUT2D eigenvalue weighted by atomic mass is 9.85. The average Bonchev–Trinajstić information content (AvgIpc) is 2.52. The molecule has 6 nitrogen and oxygen atoms in total. The minimum atomic E-state index is -0.798. The molecule has 1 aliphatic rings. The number of likely N-dealkylation sites (tertiary alicyclic amines) is 1. The predicted octanol–water partition coefficient (Wildman–Crippen LogP) is 1.37. The minimum absolute atomic E-state index is 0.262. The van der Waals surface area contributed by atoms with E-state index in [1.54, 1.807) is 13.8 Å². The quantitative estimate of drug-likeness (QED) is 0.705. The zero-order valence-electron chi connectivity index (χ0n) is 14.5. The molecule has 0 saturated carbocycles. The van der Waals surface area contributed by atoms with Crippen LogP contribution in [0.15, 0.2) is 0 Å². The van der Waals surface area contributed by atoms with Crippen LogP contribution < -0.4 is 11.1 Å². The molecule has 1 fully saturated rings. The molecule has 6 heteroatoms. The summed E-state index contributed by atoms with van der Waals surface area (Å²) in [4.78, 5) is 25.7. The predicted molar refractivity (Wildman–Crippen MR) is 89.0 cm³/mol. The number of nitriles is 1. The van der Waals surface area contributed by atoms with Crippen molar-refractivity contribution in [3.05, 3.63) is 6.42 Å². The molecular weight excluding hydrogens is 292 g/mol. The van der Waals surface area contributed by atoms with Gasteiger partial charge in [-0.15, -0.1) is 0 Å². The number of nitrogens with two attached hydrogens (primary N) is 1. The highest BCUT2D eigenvalue weighted by molar-refractivity contribution is 5.87. The molecule has 0 aromatic heterocycles. The van der Waals surface area contributed by atoms with E-state index in [0.29, 0.717) is 12.8 Å². The first-order valence-electron chi connectivity index (χ1n) is 8.33. The highest BCUT2D eigenvalue weighted by Crippen LogP contribution is 2.24. The van der Waals surface area contributed by atoms with Crippen LogP contribution >= 0.6 is 0 Å². The zero-order chi connectivity index (χ0) is 17.5. The molecule has 2 amide bonds. The lowest BCUT2D eigenvalue weighted by Gasteiger charge is -2.37. The molecule has 0 atom stereocenters. The van der Waals surface area contributed by atoms with E-state index >= 15 is 0 Å². The Balaban J connectivity index is 2.49. The number of carbonyl (C=O) groups excluding carboxylic acids is 2. The van der Waals surface area contributed by atoms with E-state index in [1.165, 1.54) is 6.42 Å². The standard InChI is InChI=1S/C17H29N4O2/c1-4-5-10-21-11-8-17(13-18,9-12-21)20-14(22)6-7-16(2,3)15(19)23/h6H,4-5,7-12H2,1-3H3,(H2,19,23)(H,20,22). The number of primary amides is 1. The third kappa shape index (κ3) is 5.83. The van der Waals surface area contributed by atoms with Crippen LogP contribution in [0.25, 0.3) is 0 Å². The molecule has 0 bridgehead atoms. The van der Waals surface area contributed by atoms with Gasteiger partial charge in [-0.25, -0.2) is 0 Å². The number of amides is 2. The van der Waals surface area contributed by atoms with E-state index < -0.39 is 16.9 Å². The number of rotatable bonds is 8. The van der Waals surface area contributed by atoms with E-state index in [4.69, 9.17) is 5.73 Å². The van der Waals surface area contributed by atoms with Crippen molar-refractivity contribution in [3.8, 4) is 6.07 Å². The molecule has 0 unspecified atom stereocenters. The van der Waals surface area contributed by atoms with Gasteiger partial charge in [0, 0.05) is 18.5 Å². The van der Waals surface area contributed by atoms with Gasteiger partial charge in [-0.1, -0.05) is 27.2 Å². The Hall–Kier alpha value is -1.61. The highest BCUT2D eigenvalue weighted by atomic mass is 16.2. The molecular formula is C17H29N4O2. The Bertz CT molecular complexity index is 460. The second-order valence-electron chi connectivity index (χ2n) is 7.03. The topological polar surface area (TPSA) is 99.2 Å². The maximum Gasteiger partial charge on any atom is 0.225 e. The van der Waals surface area contributed by atoms with Crippen LogP contribution in [0.4, 0.5) is 0 Å². The summed E-state index contributed by atoms with van der Waals surface area (Å²) in [5.41, 5.74) is 3.74. The Morgan fingerprint density at radius 1 is 1.39 bits per heavy atom. The smallest absolute Gasteiger partial charge is 0.225 e. The third-order valence-corrected chi connectivity index (χ3v) is 4.58. The summed E-state index contributed by atoms with van der Waals surface area (Å²) in [6.45, 7) is 8.25. The first-order valence-corrected chi connectivity index (χ1v) is 8.33. The number of nitrogens with one attached hydrogen (secondary N) is 1. The molecule has 3 N–H and O–H groups in total. The Morgan fingerprint density at radius 2 is 2.00 bits per heavy atom. The molecule has 129 valence electrons. The van der Waals surface area contributed by atoms with Crippen LogP contribution in [0.3, 0.4) is 0 Å². The van der Waals surface area contributed by atoms with Gasteiger partial charge in [0.2, 0.25) is 11.8 Å². The van der Waals surface area contributed by atoms with Crippen molar-refractivity contribution >= 4 is 11.8 Å². The minimum Gasteiger partial charge on any atom is -0.369 e. The van der Waals surface area contributed by atoms with Gasteiger partial charge in [-0.05, 0) is 32.2 Å². The number of nitrogens with zero attached hydrogens (tertiary/aromatic N) is 2. The van der Waals surface area contributed by atoms with Crippen molar-refractivity contribution in [2.24, 2.45) is 11.1 Å². The van der Waals surface area contributed by atoms with E-state index in [0.717, 1.165) is 32.5 Å². The average molecular weight is 321 g/mol. The lowest BCUT2D eigenvalue weighted by molar-refractivity contribution is -0.126. The number of carbonyl (C=O) groups is 2. The molecule has 1 heterocycles. The molecule has 1 saturated heterocycles. The maximum atomic E-state index is 12.1. The van der Waals surface area contributed by atoms with Gasteiger partial charge >= 0.3 is 0 Å². The second-order valence-corrected chi connectivity index (χ2v) is 7.03. The zero-order valence-corrected chi connectivity index (χ0v) is 14.5. The lowest BCUT2D eigenvalue weighted by Crippen LogP contribution is -2.54. The molecule has 23 heavy (non-hydrogen) atoms. The Kier molecular flexibility index (Phi) is 7.01. The number of hydrogen-bond acceptors (Lipinski definition) is 4. The Labute approximate surface area is 139 Å². The van der Waals surface area contributed by atoms with Crippen LogP contribution in [0.2, 0.25) is 0 Å². The van der Waals surface area contributed by atoms with E-state index in [-0.39, 0.29) is 12.3 Å². The summed E-state index contributed by atoms with van der Waals surface area (Å²) in [6.07, 6.45) is 5.26. The largest absolute Gasteiger partial charge is 0.369 e. The summed E-state index contributed by atoms with van der Waals surface area (Å²) in [7, 11) is 0. The summed E-state index contributed by atoms with van der Waals surface area (Å²) >= 11 is 0. The SMILES string of the molecule is CCCCN1CCC(C#N)(NC(=O)[CH]CC(C)(C)C(N)=O)CC1. The van der Waals surface area contributed by atoms with Gasteiger partial charge < -0.3 is 16.0 Å². The van der Waals surface area contributed by atoms with Crippen LogP contribution in [-0.4, -0.2) is 41.9 Å². The summed E-state index contributed by atoms with van der Waals surface area (Å²) in [6, 6.07) is 2.27. The highest BCUT2D eigenvalue weighted by Gasteiger charge is 2.36. The molecule has 0 spiro atoms. The monoisotopic (exact) mass is 321 g/mol. The first-order chi connectivity index (χ1) is 10.7. The van der Waals surface area contributed by atoms with Crippen molar-refractivity contribution < 1.29 is 9.59 Å².